The lowest BCUT2D eigenvalue weighted by molar-refractivity contribution is -0.172. The molecule has 1 rings (SSSR count). The van der Waals surface area contributed by atoms with Crippen LogP contribution >= 0.6 is 0 Å². The molecule has 0 bridgehead atoms. The highest BCUT2D eigenvalue weighted by Crippen LogP contribution is 2.20. The van der Waals surface area contributed by atoms with Gasteiger partial charge in [-0.05, 0) is 26.2 Å². The molecule has 0 N–H and O–H groups in total. The Balaban J connectivity index is 2.34. The Hall–Kier alpha value is -0.0800. The molecule has 2 heteroatoms. The summed E-state index contributed by atoms with van der Waals surface area (Å²) in [5, 5.41) is 0. The van der Waals surface area contributed by atoms with Gasteiger partial charge in [-0.15, -0.1) is 0 Å². The van der Waals surface area contributed by atoms with Crippen molar-refractivity contribution in [1.82, 2.24) is 0 Å². The molecule has 12 heavy (non-hydrogen) atoms. The third kappa shape index (κ3) is 2.76. The summed E-state index contributed by atoms with van der Waals surface area (Å²) in [7, 11) is 0. The van der Waals surface area contributed by atoms with Crippen molar-refractivity contribution in [1.29, 1.82) is 0 Å². The molecule has 1 heterocycles. The third-order valence-corrected chi connectivity index (χ3v) is 2.22. The van der Waals surface area contributed by atoms with Crippen molar-refractivity contribution >= 4 is 0 Å². The monoisotopic (exact) mass is 172 g/mol. The molecule has 1 aliphatic heterocycles. The topological polar surface area (TPSA) is 18.5 Å². The van der Waals surface area contributed by atoms with Crippen molar-refractivity contribution in [2.45, 2.75) is 52.4 Å². The molecule has 1 aliphatic rings. The zero-order valence-electron chi connectivity index (χ0n) is 8.54. The summed E-state index contributed by atoms with van der Waals surface area (Å²) in [6.07, 6.45) is 1.94. The molecule has 0 aromatic heterocycles. The van der Waals surface area contributed by atoms with Gasteiger partial charge in [-0.25, -0.2) is 0 Å². The largest absolute Gasteiger partial charge is 0.373 e. The highest BCUT2D eigenvalue weighted by molar-refractivity contribution is 4.73. The van der Waals surface area contributed by atoms with Crippen LogP contribution in [0.3, 0.4) is 0 Å². The fourth-order valence-electron chi connectivity index (χ4n) is 1.61. The average molecular weight is 172 g/mol. The van der Waals surface area contributed by atoms with Gasteiger partial charge in [0.1, 0.15) is 0 Å². The minimum Gasteiger partial charge on any atom is -0.373 e. The van der Waals surface area contributed by atoms with Crippen molar-refractivity contribution < 1.29 is 9.47 Å². The van der Waals surface area contributed by atoms with Crippen LogP contribution in [0.2, 0.25) is 0 Å². The quantitative estimate of drug-likeness (QED) is 0.636. The molecule has 1 saturated heterocycles. The summed E-state index contributed by atoms with van der Waals surface area (Å²) < 4.78 is 11.4. The van der Waals surface area contributed by atoms with Gasteiger partial charge in [0.25, 0.3) is 0 Å². The molecule has 3 atom stereocenters. The second kappa shape index (κ2) is 4.24. The van der Waals surface area contributed by atoms with Gasteiger partial charge in [-0.3, -0.25) is 0 Å². The van der Waals surface area contributed by atoms with E-state index in [1.807, 2.05) is 0 Å². The maximum absolute atomic E-state index is 5.69. The van der Waals surface area contributed by atoms with E-state index in [2.05, 4.69) is 27.7 Å². The van der Waals surface area contributed by atoms with Gasteiger partial charge >= 0.3 is 0 Å². The Morgan fingerprint density at radius 3 is 2.50 bits per heavy atom. The highest BCUT2D eigenvalue weighted by Gasteiger charge is 2.26. The van der Waals surface area contributed by atoms with E-state index in [4.69, 9.17) is 9.47 Å². The van der Waals surface area contributed by atoms with Crippen LogP contribution in [0, 0.1) is 5.92 Å². The maximum atomic E-state index is 5.69. The minimum absolute atomic E-state index is 0.260. The standard InChI is InChI=1S/C10H20O2/c1-7(2)5-10-9(4)12-8(3)6-11-10/h7-10H,5-6H2,1-4H3. The lowest BCUT2D eigenvalue weighted by Gasteiger charge is -2.34. The molecule has 0 aliphatic carbocycles. The summed E-state index contributed by atoms with van der Waals surface area (Å²) in [5.74, 6) is 0.689. The predicted molar refractivity (Wildman–Crippen MR) is 49.2 cm³/mol. The van der Waals surface area contributed by atoms with Crippen LogP contribution in [0.25, 0.3) is 0 Å². The summed E-state index contributed by atoms with van der Waals surface area (Å²) in [5.41, 5.74) is 0. The SMILES string of the molecule is CC(C)CC1OCC(C)OC1C. The Labute approximate surface area is 75.2 Å². The van der Waals surface area contributed by atoms with Crippen LogP contribution in [-0.4, -0.2) is 24.9 Å². The van der Waals surface area contributed by atoms with Gasteiger partial charge in [0.05, 0.1) is 24.9 Å². The summed E-state index contributed by atoms with van der Waals surface area (Å²) in [4.78, 5) is 0. The van der Waals surface area contributed by atoms with Crippen molar-refractivity contribution in [3.8, 4) is 0 Å². The maximum Gasteiger partial charge on any atom is 0.0837 e. The normalized spacial score (nSPS) is 37.2. The molecular formula is C10H20O2. The zero-order chi connectivity index (χ0) is 9.14. The van der Waals surface area contributed by atoms with E-state index in [0.717, 1.165) is 13.0 Å². The first-order valence-corrected chi connectivity index (χ1v) is 4.86. The molecule has 0 amide bonds. The van der Waals surface area contributed by atoms with Crippen molar-refractivity contribution in [3.05, 3.63) is 0 Å². The molecule has 72 valence electrons. The summed E-state index contributed by atoms with van der Waals surface area (Å²) in [6.45, 7) is 9.34. The molecule has 0 aromatic carbocycles. The molecule has 3 unspecified atom stereocenters. The number of hydrogen-bond donors (Lipinski definition) is 0. The van der Waals surface area contributed by atoms with Crippen molar-refractivity contribution in [2.75, 3.05) is 6.61 Å². The van der Waals surface area contributed by atoms with Gasteiger partial charge in [0, 0.05) is 0 Å². The number of ether oxygens (including phenoxy) is 2. The highest BCUT2D eigenvalue weighted by atomic mass is 16.6. The fourth-order valence-corrected chi connectivity index (χ4v) is 1.61. The van der Waals surface area contributed by atoms with E-state index in [1.54, 1.807) is 0 Å². The first-order valence-electron chi connectivity index (χ1n) is 4.86. The third-order valence-electron chi connectivity index (χ3n) is 2.22. The van der Waals surface area contributed by atoms with E-state index < -0.39 is 0 Å². The Morgan fingerprint density at radius 1 is 1.33 bits per heavy atom. The van der Waals surface area contributed by atoms with Gasteiger partial charge in [-0.2, -0.15) is 0 Å². The first kappa shape index (κ1) is 10.0. The molecule has 0 radical (unpaired) electrons. The number of rotatable bonds is 2. The van der Waals surface area contributed by atoms with Gasteiger partial charge in [0.2, 0.25) is 0 Å². The van der Waals surface area contributed by atoms with E-state index in [9.17, 15) is 0 Å². The van der Waals surface area contributed by atoms with Crippen LogP contribution in [0.5, 0.6) is 0 Å². The van der Waals surface area contributed by atoms with Crippen LogP contribution in [-0.2, 0) is 9.47 Å². The molecule has 1 fully saturated rings. The van der Waals surface area contributed by atoms with Gasteiger partial charge in [0.15, 0.2) is 0 Å². The second-order valence-electron chi connectivity index (χ2n) is 4.15. The van der Waals surface area contributed by atoms with Gasteiger partial charge in [-0.1, -0.05) is 13.8 Å². The van der Waals surface area contributed by atoms with Crippen LogP contribution in [0.1, 0.15) is 34.1 Å². The summed E-state index contributed by atoms with van der Waals surface area (Å²) in [6, 6.07) is 0. The van der Waals surface area contributed by atoms with E-state index in [-0.39, 0.29) is 12.2 Å². The Kier molecular flexibility index (Phi) is 3.53. The second-order valence-corrected chi connectivity index (χ2v) is 4.15. The van der Waals surface area contributed by atoms with Crippen molar-refractivity contribution in [2.24, 2.45) is 5.92 Å². The zero-order valence-corrected chi connectivity index (χ0v) is 8.54. The van der Waals surface area contributed by atoms with E-state index in [1.165, 1.54) is 0 Å². The average Bonchev–Trinajstić information content (AvgIpc) is 1.94. The first-order chi connectivity index (χ1) is 5.59. The van der Waals surface area contributed by atoms with Crippen molar-refractivity contribution in [3.63, 3.8) is 0 Å². The summed E-state index contributed by atoms with van der Waals surface area (Å²) >= 11 is 0. The van der Waals surface area contributed by atoms with Crippen LogP contribution in [0.15, 0.2) is 0 Å². The predicted octanol–water partition coefficient (Wildman–Crippen LogP) is 2.22. The van der Waals surface area contributed by atoms with E-state index in [0.29, 0.717) is 12.0 Å². The van der Waals surface area contributed by atoms with Crippen LogP contribution in [0.4, 0.5) is 0 Å². The Bertz CT molecular complexity index is 134. The molecular weight excluding hydrogens is 152 g/mol. The molecule has 0 spiro atoms. The molecule has 2 nitrogen and oxygen atoms in total. The van der Waals surface area contributed by atoms with Gasteiger partial charge < -0.3 is 9.47 Å². The lowest BCUT2D eigenvalue weighted by Crippen LogP contribution is -2.41. The smallest absolute Gasteiger partial charge is 0.0837 e. The lowest BCUT2D eigenvalue weighted by atomic mass is 10.0. The van der Waals surface area contributed by atoms with E-state index >= 15 is 0 Å². The molecule has 0 aromatic rings. The van der Waals surface area contributed by atoms with Crippen LogP contribution < -0.4 is 0 Å². The molecule has 0 saturated carbocycles. The number of hydrogen-bond acceptors (Lipinski definition) is 2. The fraction of sp³-hybridized carbons (Fsp3) is 1.00. The Morgan fingerprint density at radius 2 is 2.00 bits per heavy atom. The minimum atomic E-state index is 0.260.